The van der Waals surface area contributed by atoms with E-state index in [0.717, 1.165) is 51.3 Å². The molecule has 0 aromatic heterocycles. The third kappa shape index (κ3) is 5.39. The Morgan fingerprint density at radius 3 is 2.25 bits per heavy atom. The van der Waals surface area contributed by atoms with E-state index in [9.17, 15) is 4.79 Å². The summed E-state index contributed by atoms with van der Waals surface area (Å²) >= 11 is 5.84. The van der Waals surface area contributed by atoms with Crippen LogP contribution in [0.4, 0.5) is 0 Å². The first kappa shape index (κ1) is 21.3. The Labute approximate surface area is 160 Å². The standard InChI is InChI=1S/C16H22ClN3O2.2ClH/c17-13-1-3-14(4-2-13)22-12-11-19-7-9-20(10-8-19)15(21)16(18)5-6-16;;/h1-4H,5-12,18H2;2*1H. The minimum atomic E-state index is -0.542. The zero-order valence-electron chi connectivity index (χ0n) is 13.4. The summed E-state index contributed by atoms with van der Waals surface area (Å²) in [5, 5.41) is 0.710. The summed E-state index contributed by atoms with van der Waals surface area (Å²) < 4.78 is 5.70. The molecule has 5 nitrogen and oxygen atoms in total. The first-order valence-electron chi connectivity index (χ1n) is 7.76. The number of carbonyl (C=O) groups is 1. The van der Waals surface area contributed by atoms with Crippen LogP contribution in [0.1, 0.15) is 12.8 Å². The molecule has 1 aliphatic carbocycles. The lowest BCUT2D eigenvalue weighted by atomic mass is 10.2. The van der Waals surface area contributed by atoms with Gasteiger partial charge in [-0.2, -0.15) is 0 Å². The van der Waals surface area contributed by atoms with Crippen molar-refractivity contribution in [1.29, 1.82) is 0 Å². The second kappa shape index (κ2) is 9.11. The molecule has 2 fully saturated rings. The topological polar surface area (TPSA) is 58.8 Å². The zero-order valence-corrected chi connectivity index (χ0v) is 15.8. The smallest absolute Gasteiger partial charge is 0.242 e. The maximum atomic E-state index is 12.2. The van der Waals surface area contributed by atoms with Crippen LogP contribution in [0.25, 0.3) is 0 Å². The summed E-state index contributed by atoms with van der Waals surface area (Å²) in [6, 6.07) is 7.38. The Morgan fingerprint density at radius 2 is 1.71 bits per heavy atom. The van der Waals surface area contributed by atoms with E-state index in [-0.39, 0.29) is 30.7 Å². The van der Waals surface area contributed by atoms with E-state index >= 15 is 0 Å². The van der Waals surface area contributed by atoms with Gasteiger partial charge in [0.25, 0.3) is 0 Å². The molecule has 1 aliphatic heterocycles. The normalized spacial score (nSPS) is 19.0. The van der Waals surface area contributed by atoms with Crippen LogP contribution in [0.15, 0.2) is 24.3 Å². The fourth-order valence-electron chi connectivity index (χ4n) is 2.66. The monoisotopic (exact) mass is 395 g/mol. The van der Waals surface area contributed by atoms with Crippen LogP contribution in [0.3, 0.4) is 0 Å². The summed E-state index contributed by atoms with van der Waals surface area (Å²) in [6.45, 7) is 4.78. The van der Waals surface area contributed by atoms with E-state index in [4.69, 9.17) is 22.1 Å². The second-order valence-electron chi connectivity index (χ2n) is 6.09. The van der Waals surface area contributed by atoms with Gasteiger partial charge < -0.3 is 15.4 Å². The van der Waals surface area contributed by atoms with Crippen LogP contribution < -0.4 is 10.5 Å². The third-order valence-electron chi connectivity index (χ3n) is 4.36. The maximum absolute atomic E-state index is 12.2. The van der Waals surface area contributed by atoms with Gasteiger partial charge in [-0.25, -0.2) is 0 Å². The van der Waals surface area contributed by atoms with Gasteiger partial charge in [-0.05, 0) is 37.1 Å². The van der Waals surface area contributed by atoms with Crippen molar-refractivity contribution in [2.45, 2.75) is 18.4 Å². The Bertz CT molecular complexity index is 530. The zero-order chi connectivity index (χ0) is 15.6. The minimum absolute atomic E-state index is 0. The number of piperazine rings is 1. The number of ether oxygens (including phenoxy) is 1. The van der Waals surface area contributed by atoms with Crippen molar-refractivity contribution in [3.8, 4) is 5.75 Å². The van der Waals surface area contributed by atoms with Crippen LogP contribution in [-0.2, 0) is 4.79 Å². The van der Waals surface area contributed by atoms with Crippen molar-refractivity contribution in [2.24, 2.45) is 5.73 Å². The number of nitrogens with zero attached hydrogens (tertiary/aromatic N) is 2. The molecule has 1 amide bonds. The van der Waals surface area contributed by atoms with Gasteiger partial charge in [-0.3, -0.25) is 9.69 Å². The average Bonchev–Trinajstić information content (AvgIpc) is 3.28. The molecule has 2 N–H and O–H groups in total. The van der Waals surface area contributed by atoms with E-state index in [0.29, 0.717) is 11.6 Å². The average molecular weight is 397 g/mol. The highest BCUT2D eigenvalue weighted by molar-refractivity contribution is 6.30. The molecule has 1 saturated carbocycles. The number of hydrogen-bond acceptors (Lipinski definition) is 4. The molecule has 136 valence electrons. The van der Waals surface area contributed by atoms with Crippen molar-refractivity contribution in [1.82, 2.24) is 9.80 Å². The summed E-state index contributed by atoms with van der Waals surface area (Å²) in [5.41, 5.74) is 5.43. The summed E-state index contributed by atoms with van der Waals surface area (Å²) in [5.74, 6) is 0.960. The molecular weight excluding hydrogens is 373 g/mol. The summed E-state index contributed by atoms with van der Waals surface area (Å²) in [7, 11) is 0. The fraction of sp³-hybridized carbons (Fsp3) is 0.562. The molecule has 0 atom stereocenters. The van der Waals surface area contributed by atoms with E-state index < -0.39 is 5.54 Å². The number of benzene rings is 1. The number of amides is 1. The summed E-state index contributed by atoms with van der Waals surface area (Å²) in [6.07, 6.45) is 1.67. The molecule has 1 heterocycles. The molecule has 0 radical (unpaired) electrons. The van der Waals surface area contributed by atoms with Gasteiger partial charge >= 0.3 is 0 Å². The van der Waals surface area contributed by atoms with Crippen LogP contribution in [0.2, 0.25) is 5.02 Å². The highest BCUT2D eigenvalue weighted by Gasteiger charge is 2.48. The van der Waals surface area contributed by atoms with Gasteiger partial charge in [0.15, 0.2) is 0 Å². The van der Waals surface area contributed by atoms with Gasteiger partial charge in [0.2, 0.25) is 5.91 Å². The molecule has 0 bridgehead atoms. The first-order valence-corrected chi connectivity index (χ1v) is 8.14. The SMILES string of the molecule is Cl.Cl.NC1(C(=O)N2CCN(CCOc3ccc(Cl)cc3)CC2)CC1. The van der Waals surface area contributed by atoms with Gasteiger partial charge in [0, 0.05) is 37.7 Å². The lowest BCUT2D eigenvalue weighted by molar-refractivity contribution is -0.135. The first-order chi connectivity index (χ1) is 10.6. The number of carbonyl (C=O) groups excluding carboxylic acids is 1. The van der Waals surface area contributed by atoms with Gasteiger partial charge in [-0.1, -0.05) is 11.6 Å². The predicted molar refractivity (Wildman–Crippen MR) is 101 cm³/mol. The molecule has 24 heavy (non-hydrogen) atoms. The molecule has 3 rings (SSSR count). The minimum Gasteiger partial charge on any atom is -0.492 e. The lowest BCUT2D eigenvalue weighted by Crippen LogP contribution is -2.54. The van der Waals surface area contributed by atoms with Gasteiger partial charge in [-0.15, -0.1) is 24.8 Å². The van der Waals surface area contributed by atoms with Crippen LogP contribution in [0, 0.1) is 0 Å². The van der Waals surface area contributed by atoms with Crippen LogP contribution >= 0.6 is 36.4 Å². The van der Waals surface area contributed by atoms with E-state index in [1.807, 2.05) is 29.2 Å². The van der Waals surface area contributed by atoms with Crippen molar-refractivity contribution in [3.63, 3.8) is 0 Å². The van der Waals surface area contributed by atoms with Crippen molar-refractivity contribution < 1.29 is 9.53 Å². The predicted octanol–water partition coefficient (Wildman–Crippen LogP) is 2.20. The maximum Gasteiger partial charge on any atom is 0.242 e. The van der Waals surface area contributed by atoms with Gasteiger partial charge in [0.1, 0.15) is 12.4 Å². The molecular formula is C16H24Cl3N3O2. The molecule has 1 aromatic carbocycles. The fourth-order valence-corrected chi connectivity index (χ4v) is 2.79. The van der Waals surface area contributed by atoms with Crippen molar-refractivity contribution in [2.75, 3.05) is 39.3 Å². The number of rotatable bonds is 5. The molecule has 1 saturated heterocycles. The van der Waals surface area contributed by atoms with Crippen molar-refractivity contribution >= 4 is 42.3 Å². The summed E-state index contributed by atoms with van der Waals surface area (Å²) in [4.78, 5) is 16.4. The van der Waals surface area contributed by atoms with E-state index in [1.165, 1.54) is 0 Å². The van der Waals surface area contributed by atoms with E-state index in [2.05, 4.69) is 4.90 Å². The molecule has 1 aromatic rings. The largest absolute Gasteiger partial charge is 0.492 e. The molecule has 0 unspecified atom stereocenters. The van der Waals surface area contributed by atoms with Crippen LogP contribution in [0.5, 0.6) is 5.75 Å². The quantitative estimate of drug-likeness (QED) is 0.829. The van der Waals surface area contributed by atoms with Crippen LogP contribution in [-0.4, -0.2) is 60.6 Å². The Kier molecular flexibility index (Phi) is 8.09. The lowest BCUT2D eigenvalue weighted by Gasteiger charge is -2.35. The third-order valence-corrected chi connectivity index (χ3v) is 4.62. The second-order valence-corrected chi connectivity index (χ2v) is 6.53. The number of halogens is 3. The molecule has 8 heteroatoms. The highest BCUT2D eigenvalue weighted by atomic mass is 35.5. The number of hydrogen-bond donors (Lipinski definition) is 1. The van der Waals surface area contributed by atoms with Crippen molar-refractivity contribution in [3.05, 3.63) is 29.3 Å². The molecule has 2 aliphatic rings. The Balaban J connectivity index is 0.00000144. The highest BCUT2D eigenvalue weighted by Crippen LogP contribution is 2.34. The Hall–Kier alpha value is -0.720. The van der Waals surface area contributed by atoms with Gasteiger partial charge in [0.05, 0.1) is 5.54 Å². The Morgan fingerprint density at radius 1 is 1.12 bits per heavy atom. The van der Waals surface area contributed by atoms with E-state index in [1.54, 1.807) is 0 Å². The molecule has 0 spiro atoms. The number of nitrogens with two attached hydrogens (primary N) is 1.